The number of non-ortho nitro benzene ring substituents is 1. The molecule has 7 nitrogen and oxygen atoms in total. The quantitative estimate of drug-likeness (QED) is 0.345. The number of ether oxygens (including phenoxy) is 1. The molecule has 1 fully saturated rings. The summed E-state index contributed by atoms with van der Waals surface area (Å²) in [5.41, 5.74) is 0.526. The Balaban J connectivity index is 1.57. The van der Waals surface area contributed by atoms with E-state index in [-0.39, 0.29) is 17.3 Å². The topological polar surface area (TPSA) is 85.0 Å². The molecule has 2 aliphatic rings. The Labute approximate surface area is 159 Å². The van der Waals surface area contributed by atoms with Gasteiger partial charge < -0.3 is 9.64 Å². The third-order valence-corrected chi connectivity index (χ3v) is 5.58. The molecular weight excluding hydrogens is 366 g/mol. The van der Waals surface area contributed by atoms with Crippen molar-refractivity contribution in [3.05, 3.63) is 62.7 Å². The number of carbonyl (C=O) groups excluding carboxylic acids is 1. The number of cyclic esters (lactones) is 1. The van der Waals surface area contributed by atoms with Gasteiger partial charge in [-0.25, -0.2) is 9.79 Å². The maximum atomic E-state index is 12.1. The lowest BCUT2D eigenvalue weighted by Gasteiger charge is -2.27. The number of nitro benzene ring substituents is 1. The second-order valence-electron chi connectivity index (χ2n) is 6.37. The van der Waals surface area contributed by atoms with E-state index >= 15 is 0 Å². The minimum absolute atomic E-state index is 0.0758. The predicted molar refractivity (Wildman–Crippen MR) is 104 cm³/mol. The van der Waals surface area contributed by atoms with Gasteiger partial charge in [0.1, 0.15) is 0 Å². The van der Waals surface area contributed by atoms with Crippen LogP contribution in [0.4, 0.5) is 10.7 Å². The number of carbonyl (C=O) groups is 1. The molecule has 0 bridgehead atoms. The van der Waals surface area contributed by atoms with Crippen LogP contribution in [0.25, 0.3) is 6.08 Å². The van der Waals surface area contributed by atoms with Gasteiger partial charge in [0.25, 0.3) is 5.69 Å². The van der Waals surface area contributed by atoms with Crippen LogP contribution in [0.5, 0.6) is 0 Å². The number of piperidine rings is 1. The van der Waals surface area contributed by atoms with E-state index in [0.717, 1.165) is 18.0 Å². The molecule has 4 rings (SSSR count). The number of nitrogens with zero attached hydrogens (tertiary/aromatic N) is 3. The Bertz CT molecular complexity index is 957. The van der Waals surface area contributed by atoms with Crippen molar-refractivity contribution >= 4 is 40.0 Å². The van der Waals surface area contributed by atoms with Crippen LogP contribution >= 0.6 is 11.3 Å². The molecular formula is C19H17N3O4S. The molecule has 138 valence electrons. The predicted octanol–water partition coefficient (Wildman–Crippen LogP) is 3.99. The first-order valence-electron chi connectivity index (χ1n) is 8.72. The SMILES string of the molecule is O=C1OC(c2cccc([N+](=O)[O-])c2)=N/C1=C\c1ccc(N2CCCCC2)s1. The van der Waals surface area contributed by atoms with Gasteiger partial charge in [0.15, 0.2) is 5.70 Å². The molecule has 0 unspecified atom stereocenters. The molecule has 8 heteroatoms. The lowest BCUT2D eigenvalue weighted by atomic mass is 10.1. The molecule has 0 saturated carbocycles. The zero-order chi connectivity index (χ0) is 18.8. The van der Waals surface area contributed by atoms with Crippen molar-refractivity contribution in [1.82, 2.24) is 0 Å². The lowest BCUT2D eigenvalue weighted by Crippen LogP contribution is -2.28. The Morgan fingerprint density at radius 2 is 2.00 bits per heavy atom. The molecule has 0 atom stereocenters. The monoisotopic (exact) mass is 383 g/mol. The van der Waals surface area contributed by atoms with Crippen molar-refractivity contribution in [2.24, 2.45) is 4.99 Å². The molecule has 27 heavy (non-hydrogen) atoms. The smallest absolute Gasteiger partial charge is 0.363 e. The molecule has 1 aromatic heterocycles. The zero-order valence-corrected chi connectivity index (χ0v) is 15.3. The van der Waals surface area contributed by atoms with Crippen molar-refractivity contribution in [3.63, 3.8) is 0 Å². The summed E-state index contributed by atoms with van der Waals surface area (Å²) in [6.45, 7) is 2.13. The summed E-state index contributed by atoms with van der Waals surface area (Å²) in [6, 6.07) is 9.92. The van der Waals surface area contributed by atoms with Crippen LogP contribution in [-0.2, 0) is 9.53 Å². The second kappa shape index (κ2) is 7.32. The highest BCUT2D eigenvalue weighted by molar-refractivity contribution is 7.16. The Hall–Kier alpha value is -3.00. The molecule has 0 N–H and O–H groups in total. The highest BCUT2D eigenvalue weighted by atomic mass is 32.1. The summed E-state index contributed by atoms with van der Waals surface area (Å²) in [6.07, 6.45) is 5.39. The molecule has 0 amide bonds. The molecule has 3 heterocycles. The van der Waals surface area contributed by atoms with Gasteiger partial charge in [-0.15, -0.1) is 11.3 Å². The van der Waals surface area contributed by atoms with Gasteiger partial charge in [-0.2, -0.15) is 0 Å². The van der Waals surface area contributed by atoms with Crippen molar-refractivity contribution in [1.29, 1.82) is 0 Å². The van der Waals surface area contributed by atoms with E-state index in [1.165, 1.54) is 42.5 Å². The number of thiophene rings is 1. The van der Waals surface area contributed by atoms with Crippen LogP contribution in [0.15, 0.2) is 47.1 Å². The summed E-state index contributed by atoms with van der Waals surface area (Å²) in [5, 5.41) is 12.1. The van der Waals surface area contributed by atoms with E-state index < -0.39 is 10.9 Å². The average molecular weight is 383 g/mol. The fraction of sp³-hybridized carbons (Fsp3) is 0.263. The summed E-state index contributed by atoms with van der Waals surface area (Å²) < 4.78 is 5.20. The highest BCUT2D eigenvalue weighted by Crippen LogP contribution is 2.31. The zero-order valence-electron chi connectivity index (χ0n) is 14.5. The van der Waals surface area contributed by atoms with Crippen molar-refractivity contribution in [2.45, 2.75) is 19.3 Å². The maximum absolute atomic E-state index is 12.1. The summed E-state index contributed by atoms with van der Waals surface area (Å²) in [4.78, 5) is 30.1. The van der Waals surface area contributed by atoms with E-state index in [0.29, 0.717) is 5.56 Å². The molecule has 2 aromatic rings. The molecule has 1 aromatic carbocycles. The Morgan fingerprint density at radius 3 is 2.78 bits per heavy atom. The van der Waals surface area contributed by atoms with Crippen LogP contribution in [0, 0.1) is 10.1 Å². The van der Waals surface area contributed by atoms with Gasteiger partial charge in [-0.3, -0.25) is 10.1 Å². The standard InChI is InChI=1S/C19H17N3O4S/c23-19-16(12-15-7-8-17(27-15)21-9-2-1-3-10-21)20-18(26-19)13-5-4-6-14(11-13)22(24)25/h4-8,11-12H,1-3,9-10H2/b16-12-. The van der Waals surface area contributed by atoms with Gasteiger partial charge in [0.2, 0.25) is 5.90 Å². The molecule has 2 aliphatic heterocycles. The number of rotatable bonds is 4. The number of nitro groups is 1. The van der Waals surface area contributed by atoms with Gasteiger partial charge in [0, 0.05) is 35.7 Å². The van der Waals surface area contributed by atoms with E-state index in [1.54, 1.807) is 23.5 Å². The Morgan fingerprint density at radius 1 is 1.19 bits per heavy atom. The number of benzene rings is 1. The normalized spacial score (nSPS) is 18.5. The lowest BCUT2D eigenvalue weighted by molar-refractivity contribution is -0.384. The van der Waals surface area contributed by atoms with Gasteiger partial charge in [0.05, 0.1) is 9.92 Å². The largest absolute Gasteiger partial charge is 0.402 e. The van der Waals surface area contributed by atoms with E-state index in [9.17, 15) is 14.9 Å². The first kappa shape index (κ1) is 17.4. The van der Waals surface area contributed by atoms with Gasteiger partial charge in [-0.1, -0.05) is 6.07 Å². The minimum atomic E-state index is -0.551. The van der Waals surface area contributed by atoms with E-state index in [2.05, 4.69) is 16.0 Å². The molecule has 0 aliphatic carbocycles. The van der Waals surface area contributed by atoms with E-state index in [1.807, 2.05) is 6.07 Å². The van der Waals surface area contributed by atoms with Gasteiger partial charge in [-0.05, 0) is 43.5 Å². The summed E-state index contributed by atoms with van der Waals surface area (Å²) in [5.74, 6) is -0.466. The fourth-order valence-corrected chi connectivity index (χ4v) is 4.12. The molecule has 0 radical (unpaired) electrons. The number of hydrogen-bond acceptors (Lipinski definition) is 7. The van der Waals surface area contributed by atoms with Crippen LogP contribution in [-0.4, -0.2) is 29.9 Å². The number of anilines is 1. The molecule has 0 spiro atoms. The van der Waals surface area contributed by atoms with Crippen LogP contribution < -0.4 is 4.90 Å². The summed E-state index contributed by atoms with van der Waals surface area (Å²) >= 11 is 1.61. The number of esters is 1. The first-order chi connectivity index (χ1) is 13.1. The third kappa shape index (κ3) is 3.75. The van der Waals surface area contributed by atoms with Crippen LogP contribution in [0.3, 0.4) is 0 Å². The van der Waals surface area contributed by atoms with Crippen molar-refractivity contribution < 1.29 is 14.5 Å². The third-order valence-electron chi connectivity index (χ3n) is 4.48. The summed E-state index contributed by atoms with van der Waals surface area (Å²) in [7, 11) is 0. The van der Waals surface area contributed by atoms with Crippen LogP contribution in [0.1, 0.15) is 29.7 Å². The van der Waals surface area contributed by atoms with Crippen LogP contribution in [0.2, 0.25) is 0 Å². The highest BCUT2D eigenvalue weighted by Gasteiger charge is 2.25. The number of aliphatic imine (C=N–C) groups is 1. The average Bonchev–Trinajstić information content (AvgIpc) is 3.30. The fourth-order valence-electron chi connectivity index (χ4n) is 3.12. The minimum Gasteiger partial charge on any atom is -0.402 e. The van der Waals surface area contributed by atoms with Crippen molar-refractivity contribution in [2.75, 3.05) is 18.0 Å². The first-order valence-corrected chi connectivity index (χ1v) is 9.54. The van der Waals surface area contributed by atoms with E-state index in [4.69, 9.17) is 4.74 Å². The second-order valence-corrected chi connectivity index (χ2v) is 7.46. The molecule has 1 saturated heterocycles. The number of hydrogen-bond donors (Lipinski definition) is 0. The Kier molecular flexibility index (Phi) is 4.72. The van der Waals surface area contributed by atoms with Crippen molar-refractivity contribution in [3.8, 4) is 0 Å². The maximum Gasteiger partial charge on any atom is 0.363 e. The van der Waals surface area contributed by atoms with Gasteiger partial charge >= 0.3 is 5.97 Å².